The summed E-state index contributed by atoms with van der Waals surface area (Å²) >= 11 is 6.10. The molecular weight excluding hydrogens is 262 g/mol. The van der Waals surface area contributed by atoms with Crippen LogP contribution in [0.2, 0.25) is 5.02 Å². The van der Waals surface area contributed by atoms with Crippen LogP contribution in [-0.4, -0.2) is 17.0 Å². The van der Waals surface area contributed by atoms with Crippen LogP contribution in [0.4, 0.5) is 5.82 Å². The molecule has 5 heteroatoms. The number of halogens is 1. The van der Waals surface area contributed by atoms with Gasteiger partial charge in [-0.2, -0.15) is 0 Å². The lowest BCUT2D eigenvalue weighted by molar-refractivity contribution is 0.452. The number of benzene rings is 1. The minimum Gasteiger partial charge on any atom is -0.437 e. The molecule has 0 spiro atoms. The lowest BCUT2D eigenvalue weighted by Gasteiger charge is -2.16. The van der Waals surface area contributed by atoms with Crippen molar-refractivity contribution in [2.45, 2.75) is 19.8 Å². The van der Waals surface area contributed by atoms with Gasteiger partial charge in [0.15, 0.2) is 0 Å². The third-order valence-electron chi connectivity index (χ3n) is 2.70. The normalized spacial score (nSPS) is 10.6. The van der Waals surface area contributed by atoms with Crippen LogP contribution < -0.4 is 10.1 Å². The average Bonchev–Trinajstić information content (AvgIpc) is 2.40. The molecule has 0 aliphatic heterocycles. The van der Waals surface area contributed by atoms with E-state index in [1.165, 1.54) is 6.33 Å². The molecular formula is C14H16ClN3O. The van der Waals surface area contributed by atoms with Crippen LogP contribution in [0.1, 0.15) is 25.3 Å². The fraction of sp³-hybridized carbons (Fsp3) is 0.286. The molecule has 0 atom stereocenters. The fourth-order valence-corrected chi connectivity index (χ4v) is 1.99. The standard InChI is InChI=1S/C14H16ClN3O/c1-9(2)12-13(16-3)17-8-18-14(12)19-11-7-5-4-6-10(11)15/h4-9H,1-3H3,(H,16,17,18). The number of nitrogens with one attached hydrogen (secondary N) is 1. The molecule has 0 aliphatic carbocycles. The van der Waals surface area contributed by atoms with Gasteiger partial charge in [0, 0.05) is 7.05 Å². The summed E-state index contributed by atoms with van der Waals surface area (Å²) in [6, 6.07) is 7.33. The van der Waals surface area contributed by atoms with Crippen LogP contribution in [0.3, 0.4) is 0 Å². The summed E-state index contributed by atoms with van der Waals surface area (Å²) in [5.41, 5.74) is 0.935. The predicted octanol–water partition coefficient (Wildman–Crippen LogP) is 4.09. The minimum atomic E-state index is 0.237. The molecule has 0 radical (unpaired) electrons. The summed E-state index contributed by atoms with van der Waals surface area (Å²) in [5.74, 6) is 2.13. The molecule has 1 aromatic carbocycles. The van der Waals surface area contributed by atoms with E-state index in [0.29, 0.717) is 16.7 Å². The summed E-state index contributed by atoms with van der Waals surface area (Å²) in [7, 11) is 1.83. The van der Waals surface area contributed by atoms with Gasteiger partial charge < -0.3 is 10.1 Å². The van der Waals surface area contributed by atoms with E-state index in [1.807, 2.05) is 25.2 Å². The Balaban J connectivity index is 2.43. The number of nitrogens with zero attached hydrogens (tertiary/aromatic N) is 2. The van der Waals surface area contributed by atoms with Gasteiger partial charge in [-0.1, -0.05) is 37.6 Å². The molecule has 4 nitrogen and oxygen atoms in total. The maximum Gasteiger partial charge on any atom is 0.227 e. The summed E-state index contributed by atoms with van der Waals surface area (Å²) in [4.78, 5) is 8.42. The van der Waals surface area contributed by atoms with E-state index in [1.54, 1.807) is 6.07 Å². The molecule has 0 unspecified atom stereocenters. The highest BCUT2D eigenvalue weighted by Crippen LogP contribution is 2.35. The van der Waals surface area contributed by atoms with Gasteiger partial charge in [0.05, 0.1) is 10.6 Å². The van der Waals surface area contributed by atoms with Crippen molar-refractivity contribution < 1.29 is 4.74 Å². The Bertz CT molecular complexity index is 572. The van der Waals surface area contributed by atoms with Crippen molar-refractivity contribution in [3.05, 3.63) is 41.2 Å². The van der Waals surface area contributed by atoms with Crippen LogP contribution >= 0.6 is 11.6 Å². The second kappa shape index (κ2) is 5.89. The van der Waals surface area contributed by atoms with Gasteiger partial charge in [-0.3, -0.25) is 0 Å². The third-order valence-corrected chi connectivity index (χ3v) is 3.02. The molecule has 19 heavy (non-hydrogen) atoms. The van der Waals surface area contributed by atoms with Crippen molar-refractivity contribution >= 4 is 17.4 Å². The van der Waals surface area contributed by atoms with Gasteiger partial charge in [-0.25, -0.2) is 9.97 Å². The van der Waals surface area contributed by atoms with Crippen molar-refractivity contribution in [3.8, 4) is 11.6 Å². The van der Waals surface area contributed by atoms with Gasteiger partial charge in [-0.15, -0.1) is 0 Å². The highest BCUT2D eigenvalue weighted by Gasteiger charge is 2.16. The molecule has 0 saturated heterocycles. The molecule has 0 saturated carbocycles. The van der Waals surface area contributed by atoms with Crippen LogP contribution in [0.25, 0.3) is 0 Å². The number of hydrogen-bond acceptors (Lipinski definition) is 4. The number of hydrogen-bond donors (Lipinski definition) is 1. The second-order valence-corrected chi connectivity index (χ2v) is 4.79. The van der Waals surface area contributed by atoms with E-state index in [4.69, 9.17) is 16.3 Å². The molecule has 0 bridgehead atoms. The first-order valence-corrected chi connectivity index (χ1v) is 6.46. The zero-order chi connectivity index (χ0) is 13.8. The molecule has 0 amide bonds. The predicted molar refractivity (Wildman–Crippen MR) is 77.2 cm³/mol. The largest absolute Gasteiger partial charge is 0.437 e. The van der Waals surface area contributed by atoms with Crippen molar-refractivity contribution in [2.75, 3.05) is 12.4 Å². The minimum absolute atomic E-state index is 0.237. The van der Waals surface area contributed by atoms with E-state index >= 15 is 0 Å². The van der Waals surface area contributed by atoms with Crippen LogP contribution in [-0.2, 0) is 0 Å². The first-order valence-electron chi connectivity index (χ1n) is 6.08. The Hall–Kier alpha value is -1.81. The molecule has 1 aromatic heterocycles. The van der Waals surface area contributed by atoms with Gasteiger partial charge in [0.1, 0.15) is 17.9 Å². The second-order valence-electron chi connectivity index (χ2n) is 4.38. The quantitative estimate of drug-likeness (QED) is 0.914. The van der Waals surface area contributed by atoms with E-state index < -0.39 is 0 Å². The van der Waals surface area contributed by atoms with Crippen LogP contribution in [0.15, 0.2) is 30.6 Å². The zero-order valence-electron chi connectivity index (χ0n) is 11.1. The average molecular weight is 278 g/mol. The smallest absolute Gasteiger partial charge is 0.227 e. The molecule has 1 heterocycles. The number of rotatable bonds is 4. The Morgan fingerprint density at radius 3 is 2.58 bits per heavy atom. The van der Waals surface area contributed by atoms with Gasteiger partial charge in [0.2, 0.25) is 5.88 Å². The maximum absolute atomic E-state index is 6.10. The van der Waals surface area contributed by atoms with Crippen molar-refractivity contribution in [1.29, 1.82) is 0 Å². The van der Waals surface area contributed by atoms with Crippen molar-refractivity contribution in [1.82, 2.24) is 9.97 Å². The van der Waals surface area contributed by atoms with Gasteiger partial charge >= 0.3 is 0 Å². The first kappa shape index (κ1) is 13.6. The Labute approximate surface area is 117 Å². The first-order chi connectivity index (χ1) is 9.13. The third kappa shape index (κ3) is 2.96. The lowest BCUT2D eigenvalue weighted by atomic mass is 10.1. The number of aromatic nitrogens is 2. The van der Waals surface area contributed by atoms with Gasteiger partial charge in [-0.05, 0) is 18.1 Å². The molecule has 100 valence electrons. The zero-order valence-corrected chi connectivity index (χ0v) is 11.9. The molecule has 0 fully saturated rings. The van der Waals surface area contributed by atoms with Crippen LogP contribution in [0, 0.1) is 0 Å². The Kier molecular flexibility index (Phi) is 4.22. The molecule has 2 aromatic rings. The van der Waals surface area contributed by atoms with E-state index in [-0.39, 0.29) is 5.92 Å². The number of ether oxygens (including phenoxy) is 1. The Morgan fingerprint density at radius 1 is 1.21 bits per heavy atom. The van der Waals surface area contributed by atoms with Crippen LogP contribution in [0.5, 0.6) is 11.6 Å². The monoisotopic (exact) mass is 277 g/mol. The highest BCUT2D eigenvalue weighted by molar-refractivity contribution is 6.32. The maximum atomic E-state index is 6.10. The molecule has 2 rings (SSSR count). The lowest BCUT2D eigenvalue weighted by Crippen LogP contribution is -2.04. The molecule has 0 aliphatic rings. The summed E-state index contributed by atoms with van der Waals surface area (Å²) in [5, 5.41) is 3.61. The van der Waals surface area contributed by atoms with Crippen molar-refractivity contribution in [3.63, 3.8) is 0 Å². The number of anilines is 1. The van der Waals surface area contributed by atoms with E-state index in [9.17, 15) is 0 Å². The topological polar surface area (TPSA) is 47.0 Å². The Morgan fingerprint density at radius 2 is 1.95 bits per heavy atom. The van der Waals surface area contributed by atoms with Gasteiger partial charge in [0.25, 0.3) is 0 Å². The van der Waals surface area contributed by atoms with E-state index in [2.05, 4.69) is 29.1 Å². The summed E-state index contributed by atoms with van der Waals surface area (Å²) in [6.07, 6.45) is 1.48. The van der Waals surface area contributed by atoms with E-state index in [0.717, 1.165) is 11.4 Å². The SMILES string of the molecule is CNc1ncnc(Oc2ccccc2Cl)c1C(C)C. The highest BCUT2D eigenvalue weighted by atomic mass is 35.5. The fourth-order valence-electron chi connectivity index (χ4n) is 1.81. The summed E-state index contributed by atoms with van der Waals surface area (Å²) in [6.45, 7) is 4.14. The summed E-state index contributed by atoms with van der Waals surface area (Å²) < 4.78 is 5.82. The van der Waals surface area contributed by atoms with Crippen molar-refractivity contribution in [2.24, 2.45) is 0 Å². The molecule has 1 N–H and O–H groups in total. The number of para-hydroxylation sites is 1.